The SMILES string of the molecule is COc1ccc(CN2C[C@@H](C(=O)NCc3ccc4c(c3)OCO4)C[C@@H](C(=O)Nc3ccc(F)cc3)C2)cc1OC. The van der Waals surface area contributed by atoms with Gasteiger partial charge in [-0.05, 0) is 66.1 Å². The highest BCUT2D eigenvalue weighted by molar-refractivity contribution is 5.93. The Morgan fingerprint density at radius 3 is 2.33 bits per heavy atom. The first-order valence-electron chi connectivity index (χ1n) is 13.1. The molecule has 10 heteroatoms. The highest BCUT2D eigenvalue weighted by Crippen LogP contribution is 2.33. The van der Waals surface area contributed by atoms with E-state index in [2.05, 4.69) is 15.5 Å². The number of likely N-dealkylation sites (tertiary alicyclic amines) is 1. The molecule has 2 N–H and O–H groups in total. The van der Waals surface area contributed by atoms with Gasteiger partial charge in [0, 0.05) is 31.9 Å². The molecule has 2 aliphatic heterocycles. The van der Waals surface area contributed by atoms with Gasteiger partial charge in [0.1, 0.15) is 5.82 Å². The van der Waals surface area contributed by atoms with Gasteiger partial charge >= 0.3 is 0 Å². The van der Waals surface area contributed by atoms with Crippen molar-refractivity contribution in [3.8, 4) is 23.0 Å². The summed E-state index contributed by atoms with van der Waals surface area (Å²) >= 11 is 0. The number of benzene rings is 3. The lowest BCUT2D eigenvalue weighted by Crippen LogP contribution is -2.48. The standard InChI is InChI=1S/C30H32FN3O6/c1-37-25-9-4-20(12-27(25)38-2)15-34-16-21(13-22(17-34)30(36)33-24-7-5-23(31)6-8-24)29(35)32-14-19-3-10-26-28(11-19)40-18-39-26/h3-12,21-22H,13-18H2,1-2H3,(H,32,35)(H,33,36)/t21-,22+/m0/s1. The van der Waals surface area contributed by atoms with Crippen molar-refractivity contribution in [2.75, 3.05) is 39.4 Å². The molecule has 2 heterocycles. The van der Waals surface area contributed by atoms with E-state index < -0.39 is 11.8 Å². The number of carbonyl (C=O) groups excluding carboxylic acids is 2. The third kappa shape index (κ3) is 6.45. The van der Waals surface area contributed by atoms with E-state index in [0.29, 0.717) is 61.3 Å². The van der Waals surface area contributed by atoms with Crippen molar-refractivity contribution in [2.45, 2.75) is 19.5 Å². The van der Waals surface area contributed by atoms with Crippen LogP contribution in [-0.2, 0) is 22.7 Å². The average molecular weight is 550 g/mol. The molecule has 5 rings (SSSR count). The third-order valence-corrected chi connectivity index (χ3v) is 7.14. The molecule has 3 aromatic carbocycles. The molecule has 9 nitrogen and oxygen atoms in total. The monoisotopic (exact) mass is 549 g/mol. The van der Waals surface area contributed by atoms with Gasteiger partial charge in [0.2, 0.25) is 18.6 Å². The van der Waals surface area contributed by atoms with Crippen LogP contribution in [-0.4, -0.2) is 50.8 Å². The van der Waals surface area contributed by atoms with E-state index in [9.17, 15) is 14.0 Å². The molecule has 0 spiro atoms. The fraction of sp³-hybridized carbons (Fsp3) is 0.333. The number of nitrogens with zero attached hydrogens (tertiary/aromatic N) is 1. The Morgan fingerprint density at radius 2 is 1.57 bits per heavy atom. The molecule has 0 saturated carbocycles. The number of rotatable bonds is 9. The summed E-state index contributed by atoms with van der Waals surface area (Å²) < 4.78 is 34.9. The zero-order chi connectivity index (χ0) is 28.1. The molecule has 0 unspecified atom stereocenters. The average Bonchev–Trinajstić information content (AvgIpc) is 3.45. The summed E-state index contributed by atoms with van der Waals surface area (Å²) in [6.45, 7) is 1.99. The van der Waals surface area contributed by atoms with Gasteiger partial charge in [0.25, 0.3) is 0 Å². The van der Waals surface area contributed by atoms with Crippen molar-refractivity contribution >= 4 is 17.5 Å². The summed E-state index contributed by atoms with van der Waals surface area (Å²) in [7, 11) is 3.16. The number of piperidine rings is 1. The normalized spacial score (nSPS) is 18.2. The second kappa shape index (κ2) is 12.3. The van der Waals surface area contributed by atoms with Gasteiger partial charge in [-0.25, -0.2) is 4.39 Å². The molecule has 210 valence electrons. The van der Waals surface area contributed by atoms with Crippen LogP contribution in [0.3, 0.4) is 0 Å². The second-order valence-corrected chi connectivity index (χ2v) is 9.91. The van der Waals surface area contributed by atoms with Crippen LogP contribution in [0.25, 0.3) is 0 Å². The Labute approximate surface area is 232 Å². The highest BCUT2D eigenvalue weighted by atomic mass is 19.1. The maximum Gasteiger partial charge on any atom is 0.231 e. The smallest absolute Gasteiger partial charge is 0.231 e. The Bertz CT molecular complexity index is 1370. The number of ether oxygens (including phenoxy) is 4. The first-order chi connectivity index (χ1) is 19.4. The molecule has 0 radical (unpaired) electrons. The van der Waals surface area contributed by atoms with Crippen LogP contribution < -0.4 is 29.6 Å². The van der Waals surface area contributed by atoms with Gasteiger partial charge in [-0.15, -0.1) is 0 Å². The molecule has 2 amide bonds. The van der Waals surface area contributed by atoms with Gasteiger partial charge in [-0.1, -0.05) is 12.1 Å². The van der Waals surface area contributed by atoms with Gasteiger partial charge in [-0.3, -0.25) is 14.5 Å². The molecule has 0 bridgehead atoms. The topological polar surface area (TPSA) is 98.4 Å². The molecule has 3 aromatic rings. The molecular formula is C30H32FN3O6. The fourth-order valence-electron chi connectivity index (χ4n) is 5.10. The van der Waals surface area contributed by atoms with Crippen LogP contribution in [0.5, 0.6) is 23.0 Å². The number of halogens is 1. The second-order valence-electron chi connectivity index (χ2n) is 9.91. The molecule has 0 aliphatic carbocycles. The molecule has 1 saturated heterocycles. The van der Waals surface area contributed by atoms with E-state index in [1.165, 1.54) is 24.3 Å². The van der Waals surface area contributed by atoms with Gasteiger partial charge in [-0.2, -0.15) is 0 Å². The van der Waals surface area contributed by atoms with Crippen molar-refractivity contribution in [2.24, 2.45) is 11.8 Å². The van der Waals surface area contributed by atoms with E-state index in [-0.39, 0.29) is 24.4 Å². The Balaban J connectivity index is 1.29. The van der Waals surface area contributed by atoms with Crippen molar-refractivity contribution in [1.82, 2.24) is 10.2 Å². The first kappa shape index (κ1) is 27.3. The van der Waals surface area contributed by atoms with Crippen molar-refractivity contribution in [3.05, 3.63) is 77.6 Å². The van der Waals surface area contributed by atoms with Crippen LogP contribution in [0.2, 0.25) is 0 Å². The zero-order valence-electron chi connectivity index (χ0n) is 22.4. The highest BCUT2D eigenvalue weighted by Gasteiger charge is 2.35. The van der Waals surface area contributed by atoms with Crippen LogP contribution in [0.4, 0.5) is 10.1 Å². The maximum absolute atomic E-state index is 13.3. The number of hydrogen-bond acceptors (Lipinski definition) is 7. The van der Waals surface area contributed by atoms with E-state index >= 15 is 0 Å². The fourth-order valence-corrected chi connectivity index (χ4v) is 5.10. The number of amides is 2. The summed E-state index contributed by atoms with van der Waals surface area (Å²) in [4.78, 5) is 28.7. The largest absolute Gasteiger partial charge is 0.493 e. The lowest BCUT2D eigenvalue weighted by molar-refractivity contribution is -0.130. The Kier molecular flexibility index (Phi) is 8.35. The van der Waals surface area contributed by atoms with Gasteiger partial charge in [0.05, 0.1) is 26.1 Å². The van der Waals surface area contributed by atoms with Crippen LogP contribution in [0, 0.1) is 17.7 Å². The predicted molar refractivity (Wildman–Crippen MR) is 146 cm³/mol. The summed E-state index contributed by atoms with van der Waals surface area (Å²) in [6.07, 6.45) is 0.391. The lowest BCUT2D eigenvalue weighted by Gasteiger charge is -2.36. The van der Waals surface area contributed by atoms with E-state index in [4.69, 9.17) is 18.9 Å². The van der Waals surface area contributed by atoms with Crippen molar-refractivity contribution < 1.29 is 32.9 Å². The van der Waals surface area contributed by atoms with E-state index in [0.717, 1.165) is 11.1 Å². The number of nitrogens with one attached hydrogen (secondary N) is 2. The molecule has 0 aromatic heterocycles. The van der Waals surface area contributed by atoms with Gasteiger partial charge < -0.3 is 29.6 Å². The van der Waals surface area contributed by atoms with Crippen LogP contribution >= 0.6 is 0 Å². The Hall–Kier alpha value is -4.31. The minimum absolute atomic E-state index is 0.130. The third-order valence-electron chi connectivity index (χ3n) is 7.14. The number of anilines is 1. The molecule has 2 aliphatic rings. The van der Waals surface area contributed by atoms with Crippen LogP contribution in [0.15, 0.2) is 60.7 Å². The minimum atomic E-state index is -0.444. The summed E-state index contributed by atoms with van der Waals surface area (Å²) in [5.74, 6) is 1.00. The number of hydrogen-bond donors (Lipinski definition) is 2. The molecule has 2 atom stereocenters. The number of carbonyl (C=O) groups is 2. The molecular weight excluding hydrogens is 517 g/mol. The number of methoxy groups -OCH3 is 2. The van der Waals surface area contributed by atoms with E-state index in [1.54, 1.807) is 14.2 Å². The zero-order valence-corrected chi connectivity index (χ0v) is 22.4. The first-order valence-corrected chi connectivity index (χ1v) is 13.1. The Morgan fingerprint density at radius 1 is 0.875 bits per heavy atom. The summed E-state index contributed by atoms with van der Waals surface area (Å²) in [5, 5.41) is 5.89. The predicted octanol–water partition coefficient (Wildman–Crippen LogP) is 3.96. The lowest BCUT2D eigenvalue weighted by atomic mass is 9.87. The van der Waals surface area contributed by atoms with Crippen LogP contribution in [0.1, 0.15) is 17.5 Å². The molecule has 40 heavy (non-hydrogen) atoms. The summed E-state index contributed by atoms with van der Waals surface area (Å²) in [5.41, 5.74) is 2.37. The number of fused-ring (bicyclic) bond motifs is 1. The summed E-state index contributed by atoms with van der Waals surface area (Å²) in [6, 6.07) is 16.9. The quantitative estimate of drug-likeness (QED) is 0.417. The van der Waals surface area contributed by atoms with Crippen molar-refractivity contribution in [3.63, 3.8) is 0 Å². The van der Waals surface area contributed by atoms with E-state index in [1.807, 2.05) is 36.4 Å². The minimum Gasteiger partial charge on any atom is -0.493 e. The maximum atomic E-state index is 13.3. The molecule has 1 fully saturated rings. The van der Waals surface area contributed by atoms with Crippen molar-refractivity contribution in [1.29, 1.82) is 0 Å². The van der Waals surface area contributed by atoms with Gasteiger partial charge in [0.15, 0.2) is 23.0 Å².